The second kappa shape index (κ2) is 5.10. The summed E-state index contributed by atoms with van der Waals surface area (Å²) in [4.78, 5) is 16.0. The number of aromatic nitrogens is 1. The van der Waals surface area contributed by atoms with E-state index in [2.05, 4.69) is 15.6 Å². The molecule has 1 aliphatic heterocycles. The molecule has 1 aromatic carbocycles. The predicted octanol–water partition coefficient (Wildman–Crippen LogP) is 2.69. The van der Waals surface area contributed by atoms with E-state index in [-0.39, 0.29) is 5.91 Å². The van der Waals surface area contributed by atoms with Crippen LogP contribution < -0.4 is 10.6 Å². The molecule has 0 aliphatic carbocycles. The van der Waals surface area contributed by atoms with Crippen LogP contribution in [0.4, 0.5) is 11.4 Å². The molecular weight excluding hydrogens is 238 g/mol. The maximum atomic E-state index is 12.0. The van der Waals surface area contributed by atoms with Crippen molar-refractivity contribution < 1.29 is 4.79 Å². The van der Waals surface area contributed by atoms with Crippen molar-refractivity contribution in [3.05, 3.63) is 53.9 Å². The number of hydrogen-bond donors (Lipinski definition) is 2. The van der Waals surface area contributed by atoms with Crippen molar-refractivity contribution in [1.82, 2.24) is 4.98 Å². The molecule has 19 heavy (non-hydrogen) atoms. The van der Waals surface area contributed by atoms with Gasteiger partial charge in [0.25, 0.3) is 5.91 Å². The van der Waals surface area contributed by atoms with Crippen molar-refractivity contribution in [2.45, 2.75) is 12.8 Å². The highest BCUT2D eigenvalue weighted by Gasteiger charge is 2.10. The maximum Gasteiger partial charge on any atom is 0.257 e. The van der Waals surface area contributed by atoms with Gasteiger partial charge in [-0.05, 0) is 48.7 Å². The number of rotatable bonds is 2. The van der Waals surface area contributed by atoms with E-state index in [4.69, 9.17) is 0 Å². The van der Waals surface area contributed by atoms with Crippen molar-refractivity contribution in [3.8, 4) is 0 Å². The molecule has 1 aromatic heterocycles. The molecule has 0 bridgehead atoms. The molecular formula is C15H15N3O. The molecule has 0 saturated carbocycles. The standard InChI is InChI=1S/C15H15N3O/c19-15(12-4-1-7-16-10-12)18-13-5-6-14-11(9-13)3-2-8-17-14/h1,4-7,9-10,17H,2-3,8H2,(H,18,19). The van der Waals surface area contributed by atoms with Crippen LogP contribution in [0.2, 0.25) is 0 Å². The number of anilines is 2. The van der Waals surface area contributed by atoms with Crippen LogP contribution in [0.5, 0.6) is 0 Å². The molecule has 3 rings (SSSR count). The third kappa shape index (κ3) is 2.57. The second-order valence-corrected chi connectivity index (χ2v) is 4.60. The molecule has 1 aliphatic rings. The Morgan fingerprint density at radius 2 is 2.26 bits per heavy atom. The smallest absolute Gasteiger partial charge is 0.257 e. The first-order chi connectivity index (χ1) is 9.33. The Bertz CT molecular complexity index is 596. The molecule has 0 spiro atoms. The quantitative estimate of drug-likeness (QED) is 0.865. The Morgan fingerprint density at radius 1 is 1.32 bits per heavy atom. The van der Waals surface area contributed by atoms with Crippen molar-refractivity contribution in [2.24, 2.45) is 0 Å². The zero-order chi connectivity index (χ0) is 13.1. The molecule has 4 heteroatoms. The lowest BCUT2D eigenvalue weighted by Gasteiger charge is -2.18. The number of nitrogens with one attached hydrogen (secondary N) is 2. The third-order valence-electron chi connectivity index (χ3n) is 3.23. The largest absolute Gasteiger partial charge is 0.385 e. The zero-order valence-corrected chi connectivity index (χ0v) is 10.5. The van der Waals surface area contributed by atoms with Crippen LogP contribution >= 0.6 is 0 Å². The summed E-state index contributed by atoms with van der Waals surface area (Å²) < 4.78 is 0. The van der Waals surface area contributed by atoms with Gasteiger partial charge in [0.1, 0.15) is 0 Å². The van der Waals surface area contributed by atoms with Crippen LogP contribution in [0.1, 0.15) is 22.3 Å². The van der Waals surface area contributed by atoms with E-state index < -0.39 is 0 Å². The lowest BCUT2D eigenvalue weighted by atomic mass is 10.0. The number of hydrogen-bond acceptors (Lipinski definition) is 3. The predicted molar refractivity (Wildman–Crippen MR) is 75.4 cm³/mol. The van der Waals surface area contributed by atoms with Crippen LogP contribution in [0, 0.1) is 0 Å². The van der Waals surface area contributed by atoms with Crippen molar-refractivity contribution >= 4 is 17.3 Å². The summed E-state index contributed by atoms with van der Waals surface area (Å²) in [6.07, 6.45) is 5.41. The van der Waals surface area contributed by atoms with Gasteiger partial charge in [0.15, 0.2) is 0 Å². The number of pyridine rings is 1. The van der Waals surface area contributed by atoms with Gasteiger partial charge in [-0.3, -0.25) is 9.78 Å². The maximum absolute atomic E-state index is 12.0. The summed E-state index contributed by atoms with van der Waals surface area (Å²) in [6, 6.07) is 9.49. The average Bonchev–Trinajstić information content (AvgIpc) is 2.48. The van der Waals surface area contributed by atoms with Gasteiger partial charge >= 0.3 is 0 Å². The summed E-state index contributed by atoms with van der Waals surface area (Å²) in [5, 5.41) is 6.25. The Morgan fingerprint density at radius 3 is 3.11 bits per heavy atom. The molecule has 0 unspecified atom stereocenters. The Kier molecular flexibility index (Phi) is 3.14. The summed E-state index contributed by atoms with van der Waals surface area (Å²) in [5.74, 6) is -0.128. The number of carbonyl (C=O) groups is 1. The minimum absolute atomic E-state index is 0.128. The number of nitrogens with zero attached hydrogens (tertiary/aromatic N) is 1. The van der Waals surface area contributed by atoms with Crippen LogP contribution in [0.25, 0.3) is 0 Å². The zero-order valence-electron chi connectivity index (χ0n) is 10.5. The average molecular weight is 253 g/mol. The first kappa shape index (κ1) is 11.7. The Hall–Kier alpha value is -2.36. The normalized spacial score (nSPS) is 13.3. The van der Waals surface area contributed by atoms with Gasteiger partial charge in [0, 0.05) is 30.3 Å². The molecule has 96 valence electrons. The fourth-order valence-corrected chi connectivity index (χ4v) is 2.25. The van der Waals surface area contributed by atoms with Gasteiger partial charge in [0.2, 0.25) is 0 Å². The summed E-state index contributed by atoms with van der Waals surface area (Å²) >= 11 is 0. The van der Waals surface area contributed by atoms with E-state index in [1.165, 1.54) is 11.3 Å². The highest BCUT2D eigenvalue weighted by molar-refractivity contribution is 6.04. The first-order valence-corrected chi connectivity index (χ1v) is 6.41. The lowest BCUT2D eigenvalue weighted by Crippen LogP contribution is -2.14. The lowest BCUT2D eigenvalue weighted by molar-refractivity contribution is 0.102. The number of amides is 1. The van der Waals surface area contributed by atoms with E-state index in [9.17, 15) is 4.79 Å². The van der Waals surface area contributed by atoms with E-state index in [0.29, 0.717) is 5.56 Å². The molecule has 2 heterocycles. The number of fused-ring (bicyclic) bond motifs is 1. The van der Waals surface area contributed by atoms with Gasteiger partial charge in [-0.25, -0.2) is 0 Å². The highest BCUT2D eigenvalue weighted by Crippen LogP contribution is 2.25. The molecule has 2 aromatic rings. The van der Waals surface area contributed by atoms with Crippen LogP contribution in [0.15, 0.2) is 42.7 Å². The van der Waals surface area contributed by atoms with Crippen LogP contribution in [-0.2, 0) is 6.42 Å². The van der Waals surface area contributed by atoms with Gasteiger partial charge in [0.05, 0.1) is 5.56 Å². The summed E-state index contributed by atoms with van der Waals surface area (Å²) in [5.41, 5.74) is 3.83. The van der Waals surface area contributed by atoms with Gasteiger partial charge in [-0.2, -0.15) is 0 Å². The van der Waals surface area contributed by atoms with E-state index >= 15 is 0 Å². The molecule has 0 atom stereocenters. The molecule has 2 N–H and O–H groups in total. The monoisotopic (exact) mass is 253 g/mol. The molecule has 0 radical (unpaired) electrons. The summed E-state index contributed by atoms with van der Waals surface area (Å²) in [7, 11) is 0. The minimum atomic E-state index is -0.128. The molecule has 1 amide bonds. The fourth-order valence-electron chi connectivity index (χ4n) is 2.25. The number of benzene rings is 1. The van der Waals surface area contributed by atoms with Gasteiger partial charge < -0.3 is 10.6 Å². The van der Waals surface area contributed by atoms with Crippen molar-refractivity contribution in [3.63, 3.8) is 0 Å². The Labute approximate surface area is 111 Å². The van der Waals surface area contributed by atoms with Gasteiger partial charge in [-0.1, -0.05) is 0 Å². The van der Waals surface area contributed by atoms with Gasteiger partial charge in [-0.15, -0.1) is 0 Å². The third-order valence-corrected chi connectivity index (χ3v) is 3.23. The van der Waals surface area contributed by atoms with E-state index in [0.717, 1.165) is 25.1 Å². The minimum Gasteiger partial charge on any atom is -0.385 e. The van der Waals surface area contributed by atoms with E-state index in [1.54, 1.807) is 24.5 Å². The molecule has 0 fully saturated rings. The fraction of sp³-hybridized carbons (Fsp3) is 0.200. The summed E-state index contributed by atoms with van der Waals surface area (Å²) in [6.45, 7) is 1.02. The molecule has 4 nitrogen and oxygen atoms in total. The van der Waals surface area contributed by atoms with Crippen LogP contribution in [-0.4, -0.2) is 17.4 Å². The Balaban J connectivity index is 1.78. The van der Waals surface area contributed by atoms with Crippen molar-refractivity contribution in [2.75, 3.05) is 17.2 Å². The second-order valence-electron chi connectivity index (χ2n) is 4.60. The first-order valence-electron chi connectivity index (χ1n) is 6.41. The molecule has 0 saturated heterocycles. The highest BCUT2D eigenvalue weighted by atomic mass is 16.1. The number of carbonyl (C=O) groups excluding carboxylic acids is 1. The topological polar surface area (TPSA) is 54.0 Å². The van der Waals surface area contributed by atoms with Crippen molar-refractivity contribution in [1.29, 1.82) is 0 Å². The number of aryl methyl sites for hydroxylation is 1. The SMILES string of the molecule is O=C(Nc1ccc2c(c1)CCCN2)c1cccnc1. The van der Waals surface area contributed by atoms with Crippen LogP contribution in [0.3, 0.4) is 0 Å². The van der Waals surface area contributed by atoms with E-state index in [1.807, 2.05) is 18.2 Å².